The smallest absolute Gasteiger partial charge is 0.191 e. The average Bonchev–Trinajstić information content (AvgIpc) is 3.00. The molecule has 0 aliphatic heterocycles. The summed E-state index contributed by atoms with van der Waals surface area (Å²) < 4.78 is 2.05. The van der Waals surface area contributed by atoms with E-state index in [1.807, 2.05) is 35.8 Å². The van der Waals surface area contributed by atoms with Gasteiger partial charge in [0.25, 0.3) is 0 Å². The quantitative estimate of drug-likeness (QED) is 0.654. The summed E-state index contributed by atoms with van der Waals surface area (Å²) in [6, 6.07) is 6.63. The summed E-state index contributed by atoms with van der Waals surface area (Å²) >= 11 is 0. The van der Waals surface area contributed by atoms with Crippen LogP contribution in [-0.4, -0.2) is 35.0 Å². The lowest BCUT2D eigenvalue weighted by molar-refractivity contribution is 0.754. The van der Waals surface area contributed by atoms with Crippen LogP contribution < -0.4 is 10.6 Å². The zero-order valence-corrected chi connectivity index (χ0v) is 12.0. The molecule has 0 amide bonds. The number of hydrogen-bond donors (Lipinski definition) is 2. The molecule has 20 heavy (non-hydrogen) atoms. The first kappa shape index (κ1) is 13.0. The molecule has 1 aliphatic rings. The van der Waals surface area contributed by atoms with Crippen molar-refractivity contribution in [2.24, 2.45) is 10.9 Å². The number of pyridine rings is 1. The molecule has 1 fully saturated rings. The van der Waals surface area contributed by atoms with Crippen molar-refractivity contribution in [1.29, 1.82) is 0 Å². The number of nitrogens with one attached hydrogen (secondary N) is 2. The molecule has 2 unspecified atom stereocenters. The third-order valence-electron chi connectivity index (χ3n) is 3.74. The standard InChI is InChI=1S/C15H21N5/c1-11-9-13(11)19-15(16-2)17-7-6-12-10-20-8-4-3-5-14(20)18-12/h3-5,8,10-11,13H,6-7,9H2,1-2H3,(H2,16,17,19). The Hall–Kier alpha value is -2.04. The van der Waals surface area contributed by atoms with E-state index in [0.29, 0.717) is 6.04 Å². The van der Waals surface area contributed by atoms with Gasteiger partial charge in [0, 0.05) is 38.4 Å². The Morgan fingerprint density at radius 3 is 3.05 bits per heavy atom. The Morgan fingerprint density at radius 1 is 1.50 bits per heavy atom. The maximum Gasteiger partial charge on any atom is 0.191 e. The van der Waals surface area contributed by atoms with Gasteiger partial charge in [0.05, 0.1) is 5.69 Å². The van der Waals surface area contributed by atoms with Crippen LogP contribution in [0.4, 0.5) is 0 Å². The van der Waals surface area contributed by atoms with Gasteiger partial charge in [-0.25, -0.2) is 4.98 Å². The Kier molecular flexibility index (Phi) is 3.58. The highest BCUT2D eigenvalue weighted by atomic mass is 15.2. The second-order valence-corrected chi connectivity index (χ2v) is 5.41. The zero-order chi connectivity index (χ0) is 13.9. The van der Waals surface area contributed by atoms with E-state index in [-0.39, 0.29) is 0 Å². The molecular formula is C15H21N5. The van der Waals surface area contributed by atoms with E-state index in [2.05, 4.69) is 33.7 Å². The van der Waals surface area contributed by atoms with E-state index in [1.54, 1.807) is 0 Å². The monoisotopic (exact) mass is 271 g/mol. The second kappa shape index (κ2) is 5.53. The third kappa shape index (κ3) is 2.92. The maximum absolute atomic E-state index is 4.58. The van der Waals surface area contributed by atoms with Gasteiger partial charge in [-0.3, -0.25) is 4.99 Å². The first-order chi connectivity index (χ1) is 9.76. The lowest BCUT2D eigenvalue weighted by Gasteiger charge is -2.10. The van der Waals surface area contributed by atoms with Gasteiger partial charge >= 0.3 is 0 Å². The van der Waals surface area contributed by atoms with Gasteiger partial charge in [0.1, 0.15) is 5.65 Å². The molecule has 2 N–H and O–H groups in total. The second-order valence-electron chi connectivity index (χ2n) is 5.41. The van der Waals surface area contributed by atoms with Gasteiger partial charge in [-0.15, -0.1) is 0 Å². The van der Waals surface area contributed by atoms with Crippen molar-refractivity contribution in [2.75, 3.05) is 13.6 Å². The van der Waals surface area contributed by atoms with Gasteiger partial charge in [-0.2, -0.15) is 0 Å². The van der Waals surface area contributed by atoms with Gasteiger partial charge in [-0.05, 0) is 24.5 Å². The lowest BCUT2D eigenvalue weighted by atomic mass is 10.3. The predicted molar refractivity (Wildman–Crippen MR) is 81.0 cm³/mol. The van der Waals surface area contributed by atoms with Crippen LogP contribution in [0.1, 0.15) is 19.0 Å². The van der Waals surface area contributed by atoms with Crippen LogP contribution >= 0.6 is 0 Å². The molecule has 0 spiro atoms. The molecule has 2 heterocycles. The van der Waals surface area contributed by atoms with E-state index < -0.39 is 0 Å². The van der Waals surface area contributed by atoms with E-state index in [4.69, 9.17) is 0 Å². The molecule has 1 aliphatic carbocycles. The number of rotatable bonds is 4. The van der Waals surface area contributed by atoms with Gasteiger partial charge < -0.3 is 15.0 Å². The first-order valence-corrected chi connectivity index (χ1v) is 7.16. The summed E-state index contributed by atoms with van der Waals surface area (Å²) in [5.74, 6) is 1.66. The topological polar surface area (TPSA) is 53.7 Å². The summed E-state index contributed by atoms with van der Waals surface area (Å²) in [6.07, 6.45) is 6.24. The highest BCUT2D eigenvalue weighted by molar-refractivity contribution is 5.80. The summed E-state index contributed by atoms with van der Waals surface area (Å²) in [4.78, 5) is 8.83. The van der Waals surface area contributed by atoms with Crippen molar-refractivity contribution >= 4 is 11.6 Å². The SMILES string of the molecule is CN=C(NCCc1cn2ccccc2n1)NC1CC1C. The Bertz CT molecular complexity index is 583. The van der Waals surface area contributed by atoms with Crippen molar-refractivity contribution < 1.29 is 0 Å². The van der Waals surface area contributed by atoms with Crippen molar-refractivity contribution in [3.63, 3.8) is 0 Å². The first-order valence-electron chi connectivity index (χ1n) is 7.16. The molecule has 2 aromatic heterocycles. The number of aliphatic imine (C=N–C) groups is 1. The van der Waals surface area contributed by atoms with Crippen molar-refractivity contribution in [3.05, 3.63) is 36.3 Å². The van der Waals surface area contributed by atoms with E-state index >= 15 is 0 Å². The number of imidazole rings is 1. The number of nitrogens with zero attached hydrogens (tertiary/aromatic N) is 3. The molecule has 3 rings (SSSR count). The minimum absolute atomic E-state index is 0.594. The molecule has 0 aromatic carbocycles. The van der Waals surface area contributed by atoms with Crippen molar-refractivity contribution in [3.8, 4) is 0 Å². The molecule has 2 aromatic rings. The number of hydrogen-bond acceptors (Lipinski definition) is 2. The van der Waals surface area contributed by atoms with Crippen LogP contribution in [0.25, 0.3) is 5.65 Å². The summed E-state index contributed by atoms with van der Waals surface area (Å²) in [5.41, 5.74) is 2.09. The molecule has 5 nitrogen and oxygen atoms in total. The molecule has 0 radical (unpaired) electrons. The minimum atomic E-state index is 0.594. The number of aromatic nitrogens is 2. The molecular weight excluding hydrogens is 250 g/mol. The Labute approximate surface area is 119 Å². The molecule has 0 bridgehead atoms. The Morgan fingerprint density at radius 2 is 2.35 bits per heavy atom. The lowest BCUT2D eigenvalue weighted by Crippen LogP contribution is -2.39. The molecule has 2 atom stereocenters. The van der Waals surface area contributed by atoms with Gasteiger partial charge in [0.2, 0.25) is 0 Å². The molecule has 0 saturated heterocycles. The van der Waals surface area contributed by atoms with Gasteiger partial charge in [0.15, 0.2) is 5.96 Å². The number of fused-ring (bicyclic) bond motifs is 1. The summed E-state index contributed by atoms with van der Waals surface area (Å²) in [6.45, 7) is 3.09. The third-order valence-corrected chi connectivity index (χ3v) is 3.74. The maximum atomic E-state index is 4.58. The zero-order valence-electron chi connectivity index (χ0n) is 12.0. The highest BCUT2D eigenvalue weighted by Gasteiger charge is 2.33. The van der Waals surface area contributed by atoms with E-state index in [0.717, 1.165) is 36.2 Å². The predicted octanol–water partition coefficient (Wildman–Crippen LogP) is 1.45. The normalized spacial score (nSPS) is 22.0. The minimum Gasteiger partial charge on any atom is -0.356 e. The highest BCUT2D eigenvalue weighted by Crippen LogP contribution is 2.28. The van der Waals surface area contributed by atoms with Crippen LogP contribution in [0.2, 0.25) is 0 Å². The van der Waals surface area contributed by atoms with E-state index in [1.165, 1.54) is 6.42 Å². The van der Waals surface area contributed by atoms with Crippen molar-refractivity contribution in [1.82, 2.24) is 20.0 Å². The van der Waals surface area contributed by atoms with E-state index in [9.17, 15) is 0 Å². The average molecular weight is 271 g/mol. The van der Waals surface area contributed by atoms with Gasteiger partial charge in [-0.1, -0.05) is 13.0 Å². The van der Waals surface area contributed by atoms with Crippen LogP contribution in [0.3, 0.4) is 0 Å². The van der Waals surface area contributed by atoms with Crippen molar-refractivity contribution in [2.45, 2.75) is 25.8 Å². The van der Waals surface area contributed by atoms with Crippen LogP contribution in [-0.2, 0) is 6.42 Å². The fourth-order valence-electron chi connectivity index (χ4n) is 2.31. The van der Waals surface area contributed by atoms with Crippen LogP contribution in [0, 0.1) is 5.92 Å². The Balaban J connectivity index is 1.51. The molecule has 1 saturated carbocycles. The summed E-state index contributed by atoms with van der Waals surface area (Å²) in [7, 11) is 1.81. The molecule has 5 heteroatoms. The molecule has 106 valence electrons. The van der Waals surface area contributed by atoms with Crippen LogP contribution in [0.5, 0.6) is 0 Å². The number of guanidine groups is 1. The largest absolute Gasteiger partial charge is 0.356 e. The van der Waals surface area contributed by atoms with Crippen LogP contribution in [0.15, 0.2) is 35.6 Å². The fraction of sp³-hybridized carbons (Fsp3) is 0.467. The summed E-state index contributed by atoms with van der Waals surface area (Å²) in [5, 5.41) is 6.76. The fourth-order valence-corrected chi connectivity index (χ4v) is 2.31.